The zero-order valence-electron chi connectivity index (χ0n) is 21.9. The van der Waals surface area contributed by atoms with Gasteiger partial charge in [0.15, 0.2) is 11.6 Å². The summed E-state index contributed by atoms with van der Waals surface area (Å²) in [5.41, 5.74) is 2.73. The molecule has 0 bridgehead atoms. The maximum atomic E-state index is 15.5. The van der Waals surface area contributed by atoms with E-state index < -0.39 is 52.8 Å². The smallest absolute Gasteiger partial charge is 0.416 e. The van der Waals surface area contributed by atoms with Gasteiger partial charge in [0.25, 0.3) is 5.56 Å². The Kier molecular flexibility index (Phi) is 7.97. The molecular weight excluding hydrogens is 533 g/mol. The Morgan fingerprint density at radius 3 is 2.25 bits per heavy atom. The molecule has 4 rings (SSSR count). The number of hydrogen-bond acceptors (Lipinski definition) is 4. The first-order chi connectivity index (χ1) is 18.8. The van der Waals surface area contributed by atoms with E-state index in [0.717, 1.165) is 21.3 Å². The Balaban J connectivity index is 2.03. The van der Waals surface area contributed by atoms with Crippen LogP contribution in [0, 0.1) is 25.5 Å². The summed E-state index contributed by atoms with van der Waals surface area (Å²) in [6.07, 6.45) is -4.92. The zero-order valence-corrected chi connectivity index (χ0v) is 21.9. The minimum absolute atomic E-state index is 0.150. The van der Waals surface area contributed by atoms with Gasteiger partial charge in [-0.05, 0) is 49.2 Å². The van der Waals surface area contributed by atoms with Crippen molar-refractivity contribution in [1.29, 1.82) is 0 Å². The quantitative estimate of drug-likeness (QED) is 0.310. The Hall–Kier alpha value is -4.25. The lowest BCUT2D eigenvalue weighted by atomic mass is 10.0. The molecule has 0 amide bonds. The minimum Gasteiger partial charge on any atom is -0.494 e. The molecule has 1 aromatic heterocycles. The molecule has 0 aliphatic heterocycles. The maximum Gasteiger partial charge on any atom is 0.416 e. The van der Waals surface area contributed by atoms with E-state index in [1.54, 1.807) is 37.3 Å². The number of rotatable bonds is 7. The second kappa shape index (κ2) is 11.1. The molecule has 0 aliphatic carbocycles. The van der Waals surface area contributed by atoms with Gasteiger partial charge in [-0.2, -0.15) is 13.2 Å². The van der Waals surface area contributed by atoms with Crippen molar-refractivity contribution in [3.8, 4) is 16.9 Å². The van der Waals surface area contributed by atoms with Crippen LogP contribution in [0.25, 0.3) is 11.1 Å². The van der Waals surface area contributed by atoms with Crippen LogP contribution in [-0.4, -0.2) is 16.2 Å². The lowest BCUT2D eigenvalue weighted by Gasteiger charge is -2.22. The molecular formula is C29H26F5N3O3. The van der Waals surface area contributed by atoms with Gasteiger partial charge >= 0.3 is 11.9 Å². The number of alkyl halides is 3. The minimum atomic E-state index is -4.92. The number of aromatic nitrogens is 2. The fraction of sp³-hybridized carbons (Fsp3) is 0.241. The third-order valence-electron chi connectivity index (χ3n) is 6.71. The Morgan fingerprint density at radius 2 is 1.62 bits per heavy atom. The summed E-state index contributed by atoms with van der Waals surface area (Å²) < 4.78 is 78.3. The van der Waals surface area contributed by atoms with Crippen molar-refractivity contribution in [2.45, 2.75) is 39.2 Å². The SMILES string of the molecule is COc1cc(C)cc(-c2c(C)n(Cc3c(F)cccc3C(F)(F)F)c(=O)n(C[C@H](N)c3ccccc3)c2=O)c1F. The topological polar surface area (TPSA) is 79.2 Å². The molecule has 0 saturated heterocycles. The molecule has 0 saturated carbocycles. The van der Waals surface area contributed by atoms with Gasteiger partial charge in [-0.1, -0.05) is 36.4 Å². The van der Waals surface area contributed by atoms with Gasteiger partial charge in [-0.3, -0.25) is 13.9 Å². The van der Waals surface area contributed by atoms with Crippen LogP contribution in [-0.2, 0) is 19.3 Å². The second-order valence-corrected chi connectivity index (χ2v) is 9.35. The number of methoxy groups -OCH3 is 1. The molecule has 3 aromatic carbocycles. The van der Waals surface area contributed by atoms with Crippen molar-refractivity contribution >= 4 is 0 Å². The second-order valence-electron chi connectivity index (χ2n) is 9.35. The van der Waals surface area contributed by atoms with E-state index in [4.69, 9.17) is 10.5 Å². The van der Waals surface area contributed by atoms with E-state index in [1.807, 2.05) is 0 Å². The summed E-state index contributed by atoms with van der Waals surface area (Å²) >= 11 is 0. The number of halogens is 5. The van der Waals surface area contributed by atoms with Crippen molar-refractivity contribution < 1.29 is 26.7 Å². The van der Waals surface area contributed by atoms with E-state index >= 15 is 4.39 Å². The van der Waals surface area contributed by atoms with Crippen LogP contribution in [0.15, 0.2) is 70.3 Å². The number of nitrogens with zero attached hydrogens (tertiary/aromatic N) is 2. The molecule has 1 heterocycles. The van der Waals surface area contributed by atoms with E-state index in [1.165, 1.54) is 26.2 Å². The Morgan fingerprint density at radius 1 is 0.950 bits per heavy atom. The highest BCUT2D eigenvalue weighted by molar-refractivity contribution is 5.68. The summed E-state index contributed by atoms with van der Waals surface area (Å²) in [4.78, 5) is 27.4. The fourth-order valence-electron chi connectivity index (χ4n) is 4.67. The summed E-state index contributed by atoms with van der Waals surface area (Å²) in [6.45, 7) is 1.69. The molecule has 1 atom stereocenters. The van der Waals surface area contributed by atoms with Crippen molar-refractivity contribution in [3.63, 3.8) is 0 Å². The van der Waals surface area contributed by atoms with Crippen LogP contribution >= 0.6 is 0 Å². The molecule has 4 aromatic rings. The van der Waals surface area contributed by atoms with Crippen LogP contribution in [0.4, 0.5) is 22.0 Å². The maximum absolute atomic E-state index is 15.5. The van der Waals surface area contributed by atoms with Gasteiger partial charge in [0.2, 0.25) is 0 Å². The molecule has 11 heteroatoms. The molecule has 2 N–H and O–H groups in total. The molecule has 0 unspecified atom stereocenters. The molecule has 0 fully saturated rings. The zero-order chi connectivity index (χ0) is 29.4. The van der Waals surface area contributed by atoms with Crippen molar-refractivity contribution in [3.05, 3.63) is 121 Å². The highest BCUT2D eigenvalue weighted by atomic mass is 19.4. The summed E-state index contributed by atoms with van der Waals surface area (Å²) in [5.74, 6) is -2.27. The van der Waals surface area contributed by atoms with E-state index in [2.05, 4.69) is 0 Å². The standard InChI is InChI=1S/C29H26F5N3O3/c1-16-12-19(26(31)24(13-16)40-3)25-17(2)36(14-20-21(29(32,33)34)10-7-11-22(20)30)28(39)37(27(25)38)15-23(35)18-8-5-4-6-9-18/h4-13,23H,14-15,35H2,1-3H3/t23-/m0/s1. The monoisotopic (exact) mass is 559 g/mol. The molecule has 40 heavy (non-hydrogen) atoms. The third kappa shape index (κ3) is 5.42. The van der Waals surface area contributed by atoms with Gasteiger partial charge in [-0.25, -0.2) is 13.6 Å². The first-order valence-corrected chi connectivity index (χ1v) is 12.2. The van der Waals surface area contributed by atoms with E-state index in [0.29, 0.717) is 17.2 Å². The number of benzene rings is 3. The van der Waals surface area contributed by atoms with E-state index in [-0.39, 0.29) is 29.1 Å². The predicted molar refractivity (Wildman–Crippen MR) is 140 cm³/mol. The van der Waals surface area contributed by atoms with Crippen LogP contribution in [0.1, 0.15) is 34.0 Å². The van der Waals surface area contributed by atoms with Crippen LogP contribution < -0.4 is 21.7 Å². The first-order valence-electron chi connectivity index (χ1n) is 12.2. The molecule has 0 radical (unpaired) electrons. The largest absolute Gasteiger partial charge is 0.494 e. The average molecular weight is 560 g/mol. The van der Waals surface area contributed by atoms with Gasteiger partial charge in [0.1, 0.15) is 5.82 Å². The lowest BCUT2D eigenvalue weighted by Crippen LogP contribution is -2.44. The predicted octanol–water partition coefficient (Wildman–Crippen LogP) is 5.35. The first kappa shape index (κ1) is 28.8. The van der Waals surface area contributed by atoms with Crippen molar-refractivity contribution in [1.82, 2.24) is 9.13 Å². The Bertz CT molecular complexity index is 1680. The summed E-state index contributed by atoms with van der Waals surface area (Å²) in [6, 6.07) is 12.9. The third-order valence-corrected chi connectivity index (χ3v) is 6.71. The van der Waals surface area contributed by atoms with Crippen LogP contribution in [0.5, 0.6) is 5.75 Å². The van der Waals surface area contributed by atoms with Gasteiger partial charge in [-0.15, -0.1) is 0 Å². The summed E-state index contributed by atoms with van der Waals surface area (Å²) in [5, 5.41) is 0. The number of hydrogen-bond donors (Lipinski definition) is 1. The number of nitrogens with two attached hydrogens (primary N) is 1. The van der Waals surface area contributed by atoms with Crippen molar-refractivity contribution in [2.24, 2.45) is 5.73 Å². The van der Waals surface area contributed by atoms with Crippen LogP contribution in [0.3, 0.4) is 0 Å². The van der Waals surface area contributed by atoms with Crippen LogP contribution in [0.2, 0.25) is 0 Å². The van der Waals surface area contributed by atoms with Gasteiger partial charge in [0.05, 0.1) is 31.3 Å². The number of ether oxygens (including phenoxy) is 1. The van der Waals surface area contributed by atoms with Gasteiger partial charge in [0, 0.05) is 22.9 Å². The van der Waals surface area contributed by atoms with E-state index in [9.17, 15) is 27.2 Å². The lowest BCUT2D eigenvalue weighted by molar-refractivity contribution is -0.138. The molecule has 210 valence electrons. The fourth-order valence-corrected chi connectivity index (χ4v) is 4.67. The highest BCUT2D eigenvalue weighted by Gasteiger charge is 2.35. The molecule has 0 aliphatic rings. The highest BCUT2D eigenvalue weighted by Crippen LogP contribution is 2.34. The molecule has 0 spiro atoms. The Labute approximate surface area is 226 Å². The average Bonchev–Trinajstić information content (AvgIpc) is 2.91. The van der Waals surface area contributed by atoms with Crippen molar-refractivity contribution in [2.75, 3.05) is 7.11 Å². The normalized spacial score (nSPS) is 12.4. The number of aryl methyl sites for hydroxylation is 1. The molecule has 6 nitrogen and oxygen atoms in total. The summed E-state index contributed by atoms with van der Waals surface area (Å²) in [7, 11) is 1.24. The van der Waals surface area contributed by atoms with Gasteiger partial charge < -0.3 is 10.5 Å².